The number of rotatable bonds is 9. The van der Waals surface area contributed by atoms with Gasteiger partial charge < -0.3 is 25.8 Å². The Hall–Kier alpha value is -2.28. The highest BCUT2D eigenvalue weighted by molar-refractivity contribution is 8.76. The van der Waals surface area contributed by atoms with Crippen LogP contribution in [0.4, 0.5) is 4.79 Å². The molecule has 1 aliphatic heterocycles. The number of nitrogens with zero attached hydrogens (tertiary/aromatic N) is 2. The quantitative estimate of drug-likeness (QED) is 0.145. The van der Waals surface area contributed by atoms with Gasteiger partial charge in [0.25, 0.3) is 0 Å². The highest BCUT2D eigenvalue weighted by Crippen LogP contribution is 2.28. The molecule has 4 N–H and O–H groups in total. The minimum absolute atomic E-state index is 0.113. The predicted octanol–water partition coefficient (Wildman–Crippen LogP) is 7.23. The van der Waals surface area contributed by atoms with Crippen molar-refractivity contribution < 1.29 is 24.2 Å². The lowest BCUT2D eigenvalue weighted by Crippen LogP contribution is -2.51. The van der Waals surface area contributed by atoms with Gasteiger partial charge >= 0.3 is 6.16 Å². The molecule has 0 radical (unpaired) electrons. The maximum absolute atomic E-state index is 12.0. The van der Waals surface area contributed by atoms with Crippen LogP contribution in [0.2, 0.25) is 0 Å². The maximum atomic E-state index is 12.0. The number of thiazole rings is 1. The summed E-state index contributed by atoms with van der Waals surface area (Å²) in [7, 11) is 3.22. The average Bonchev–Trinajstić information content (AvgIpc) is 3.60. The van der Waals surface area contributed by atoms with Crippen molar-refractivity contribution in [2.75, 3.05) is 12.8 Å². The van der Waals surface area contributed by atoms with Crippen LogP contribution in [0.25, 0.3) is 10.4 Å². The minimum atomic E-state index is -1.20. The largest absolute Gasteiger partial charge is 0.506 e. The smallest absolute Gasteiger partial charge is 0.450 e. The molecule has 1 aliphatic rings. The SMILES string of the molecule is CC.CC1CCCN1C(=O)C(N)C(C)(C)C.CSSC(C)C(C)OC(=O)O.Cc1ncsc1-c1ccc(CNC=O)cc1. The normalized spacial score (nSPS) is 16.1. The molecular weight excluding hydrogens is 605 g/mol. The van der Waals surface area contributed by atoms with Crippen LogP contribution < -0.4 is 11.1 Å². The number of aromatic nitrogens is 1. The van der Waals surface area contributed by atoms with Gasteiger partial charge in [0.2, 0.25) is 12.3 Å². The first kappa shape index (κ1) is 40.7. The zero-order chi connectivity index (χ0) is 33.2. The Labute approximate surface area is 270 Å². The Morgan fingerprint density at radius 2 is 1.86 bits per heavy atom. The Morgan fingerprint density at radius 3 is 2.28 bits per heavy atom. The van der Waals surface area contributed by atoms with E-state index in [0.29, 0.717) is 19.0 Å². The second-order valence-corrected chi connectivity index (χ2v) is 14.6. The predicted molar refractivity (Wildman–Crippen MR) is 184 cm³/mol. The van der Waals surface area contributed by atoms with E-state index in [9.17, 15) is 14.4 Å². The van der Waals surface area contributed by atoms with Crippen LogP contribution in [0.5, 0.6) is 0 Å². The van der Waals surface area contributed by atoms with E-state index in [1.54, 1.807) is 39.8 Å². The Balaban J connectivity index is 0.000000609. The first-order valence-electron chi connectivity index (χ1n) is 14.5. The van der Waals surface area contributed by atoms with Crippen molar-refractivity contribution in [1.82, 2.24) is 15.2 Å². The molecule has 12 heteroatoms. The molecule has 43 heavy (non-hydrogen) atoms. The molecule has 0 spiro atoms. The lowest BCUT2D eigenvalue weighted by molar-refractivity contribution is -0.135. The van der Waals surface area contributed by atoms with Crippen LogP contribution in [-0.2, 0) is 20.9 Å². The molecule has 1 fully saturated rings. The average molecular weight is 657 g/mol. The van der Waals surface area contributed by atoms with Crippen molar-refractivity contribution in [3.63, 3.8) is 0 Å². The molecule has 3 rings (SSSR count). The first-order chi connectivity index (χ1) is 20.2. The number of carboxylic acid groups (broad SMARTS) is 1. The third kappa shape index (κ3) is 15.3. The maximum Gasteiger partial charge on any atom is 0.506 e. The zero-order valence-electron chi connectivity index (χ0n) is 27.4. The van der Waals surface area contributed by atoms with E-state index in [2.05, 4.69) is 34.1 Å². The molecule has 1 aromatic carbocycles. The van der Waals surface area contributed by atoms with Gasteiger partial charge in [-0.15, -0.1) is 11.3 Å². The standard InChI is InChI=1S/C12H12N2OS.C11H22N2O.C6H12O3S2.C2H6/c1-9-12(16-8-14-9)11-4-2-10(3-5-11)6-13-7-15;1-8-6-5-7-13(8)10(14)9(12)11(2,3)4;1-4(9-6(7)8)5(2)11-10-3;1-2/h2-5,7-8H,6H2,1H3,(H,13,15);8-9H,5-7,12H2,1-4H3;4-5H,1-3H3,(H,7,8);1-2H3. The van der Waals surface area contributed by atoms with E-state index in [-0.39, 0.29) is 28.7 Å². The first-order valence-corrected chi connectivity index (χ1v) is 18.0. The summed E-state index contributed by atoms with van der Waals surface area (Å²) in [4.78, 5) is 39.6. The van der Waals surface area contributed by atoms with Gasteiger partial charge in [-0.05, 0) is 63.3 Å². The van der Waals surface area contributed by atoms with Crippen LogP contribution >= 0.6 is 32.9 Å². The lowest BCUT2D eigenvalue weighted by Gasteiger charge is -2.31. The number of nitrogens with one attached hydrogen (secondary N) is 1. The van der Waals surface area contributed by atoms with Gasteiger partial charge in [0.05, 0.1) is 22.1 Å². The van der Waals surface area contributed by atoms with Gasteiger partial charge in [-0.25, -0.2) is 9.78 Å². The number of likely N-dealkylation sites (tertiary alicyclic amines) is 1. The molecule has 9 nitrogen and oxygen atoms in total. The number of benzene rings is 1. The van der Waals surface area contributed by atoms with Gasteiger partial charge in [0.1, 0.15) is 6.10 Å². The van der Waals surface area contributed by atoms with Gasteiger partial charge in [-0.2, -0.15) is 0 Å². The molecule has 0 saturated carbocycles. The van der Waals surface area contributed by atoms with Gasteiger partial charge in [-0.3, -0.25) is 9.59 Å². The minimum Gasteiger partial charge on any atom is -0.450 e. The number of hydrogen-bond donors (Lipinski definition) is 3. The van der Waals surface area contributed by atoms with Crippen LogP contribution in [0.3, 0.4) is 0 Å². The van der Waals surface area contributed by atoms with E-state index in [1.165, 1.54) is 10.4 Å². The van der Waals surface area contributed by atoms with Crippen LogP contribution in [-0.4, -0.2) is 69.7 Å². The Bertz CT molecular complexity index is 1070. The lowest BCUT2D eigenvalue weighted by atomic mass is 9.86. The molecule has 1 saturated heterocycles. The summed E-state index contributed by atoms with van der Waals surface area (Å²) in [5, 5.41) is 11.1. The summed E-state index contributed by atoms with van der Waals surface area (Å²) in [5.41, 5.74) is 11.0. The molecule has 0 aliphatic carbocycles. The zero-order valence-corrected chi connectivity index (χ0v) is 29.8. The number of ether oxygens (including phenoxy) is 1. The Morgan fingerprint density at radius 1 is 1.26 bits per heavy atom. The molecule has 2 heterocycles. The Kier molecular flexibility index (Phi) is 20.3. The number of carbonyl (C=O) groups is 3. The number of carbonyl (C=O) groups excluding carboxylic acids is 2. The monoisotopic (exact) mass is 656 g/mol. The van der Waals surface area contributed by atoms with Gasteiger partial charge in [-0.1, -0.05) is 80.5 Å². The van der Waals surface area contributed by atoms with E-state index in [1.807, 2.05) is 77.3 Å². The van der Waals surface area contributed by atoms with Crippen molar-refractivity contribution in [3.8, 4) is 10.4 Å². The summed E-state index contributed by atoms with van der Waals surface area (Å²) in [6.45, 7) is 19.3. The third-order valence-electron chi connectivity index (χ3n) is 6.58. The molecule has 0 bridgehead atoms. The fourth-order valence-corrected chi connectivity index (χ4v) is 6.51. The summed E-state index contributed by atoms with van der Waals surface area (Å²) < 4.78 is 4.55. The number of hydrogen-bond acceptors (Lipinski definition) is 9. The molecule has 4 atom stereocenters. The molecule has 244 valence electrons. The fourth-order valence-electron chi connectivity index (χ4n) is 3.81. The second-order valence-electron chi connectivity index (χ2n) is 10.9. The third-order valence-corrected chi connectivity index (χ3v) is 9.93. The van der Waals surface area contributed by atoms with Crippen LogP contribution in [0.15, 0.2) is 29.8 Å². The fraction of sp³-hybridized carbons (Fsp3) is 0.613. The van der Waals surface area contributed by atoms with Crippen LogP contribution in [0.1, 0.15) is 79.5 Å². The van der Waals surface area contributed by atoms with Crippen molar-refractivity contribution in [2.45, 2.75) is 105 Å². The summed E-state index contributed by atoms with van der Waals surface area (Å²) in [6.07, 6.45) is 3.44. The number of amides is 2. The molecule has 2 amide bonds. The highest BCUT2D eigenvalue weighted by atomic mass is 33.1. The van der Waals surface area contributed by atoms with Crippen molar-refractivity contribution in [1.29, 1.82) is 0 Å². The van der Waals surface area contributed by atoms with E-state index in [4.69, 9.17) is 10.8 Å². The molecule has 2 aromatic rings. The van der Waals surface area contributed by atoms with E-state index in [0.717, 1.165) is 30.6 Å². The number of aryl methyl sites for hydroxylation is 1. The molecule has 4 unspecified atom stereocenters. The van der Waals surface area contributed by atoms with Crippen molar-refractivity contribution >= 4 is 51.4 Å². The van der Waals surface area contributed by atoms with Gasteiger partial charge in [0, 0.05) is 24.4 Å². The summed E-state index contributed by atoms with van der Waals surface area (Å²) in [5.74, 6) is 0.113. The molecular formula is C31H52N4O5S3. The number of nitrogens with two attached hydrogens (primary N) is 1. The van der Waals surface area contributed by atoms with E-state index < -0.39 is 6.16 Å². The highest BCUT2D eigenvalue weighted by Gasteiger charge is 2.34. The second kappa shape index (κ2) is 21.4. The summed E-state index contributed by atoms with van der Waals surface area (Å²) >= 11 is 1.64. The van der Waals surface area contributed by atoms with Crippen LogP contribution in [0, 0.1) is 12.3 Å². The summed E-state index contributed by atoms with van der Waals surface area (Å²) in [6, 6.07) is 8.15. The topological polar surface area (TPSA) is 135 Å². The van der Waals surface area contributed by atoms with E-state index >= 15 is 0 Å². The van der Waals surface area contributed by atoms with Crippen molar-refractivity contribution in [2.24, 2.45) is 11.1 Å². The molecule has 1 aromatic heterocycles. The van der Waals surface area contributed by atoms with Gasteiger partial charge in [0.15, 0.2) is 0 Å². The van der Waals surface area contributed by atoms with Crippen molar-refractivity contribution in [3.05, 3.63) is 41.0 Å².